The Hall–Kier alpha value is -0.0800. The van der Waals surface area contributed by atoms with Gasteiger partial charge in [0.25, 0.3) is 0 Å². The molecule has 0 spiro atoms. The summed E-state index contributed by atoms with van der Waals surface area (Å²) < 4.78 is 0. The van der Waals surface area contributed by atoms with Crippen molar-refractivity contribution in [3.8, 4) is 0 Å². The molecular weight excluding hydrogens is 401 g/mol. The van der Waals surface area contributed by atoms with Gasteiger partial charge in [0.15, 0.2) is 5.96 Å². The molecule has 1 saturated carbocycles. The summed E-state index contributed by atoms with van der Waals surface area (Å²) >= 11 is 0. The topological polar surface area (TPSA) is 42.9 Å². The van der Waals surface area contributed by atoms with Crippen LogP contribution >= 0.6 is 24.0 Å². The van der Waals surface area contributed by atoms with Gasteiger partial charge in [-0.2, -0.15) is 0 Å². The Morgan fingerprint density at radius 3 is 2.26 bits per heavy atom. The molecule has 1 saturated heterocycles. The molecule has 0 radical (unpaired) electrons. The van der Waals surface area contributed by atoms with Crippen LogP contribution in [0.4, 0.5) is 0 Å². The average Bonchev–Trinajstić information content (AvgIpc) is 2.56. The molecule has 2 fully saturated rings. The van der Waals surface area contributed by atoms with Crippen LogP contribution in [0.2, 0.25) is 0 Å². The number of nitrogens with one attached hydrogen (secondary N) is 2. The van der Waals surface area contributed by atoms with E-state index in [0.29, 0.717) is 6.04 Å². The summed E-state index contributed by atoms with van der Waals surface area (Å²) in [6.45, 7) is 13.3. The maximum atomic E-state index is 4.78. The molecule has 5 nitrogen and oxygen atoms in total. The number of guanidine groups is 1. The molecule has 0 bridgehead atoms. The van der Waals surface area contributed by atoms with E-state index in [2.05, 4.69) is 34.3 Å². The minimum Gasteiger partial charge on any atom is -0.357 e. The van der Waals surface area contributed by atoms with Crippen LogP contribution in [0.15, 0.2) is 4.99 Å². The Kier molecular flexibility index (Phi) is 11.2. The van der Waals surface area contributed by atoms with Crippen molar-refractivity contribution >= 4 is 29.9 Å². The van der Waals surface area contributed by atoms with Crippen molar-refractivity contribution in [3.63, 3.8) is 0 Å². The second kappa shape index (κ2) is 12.3. The Labute approximate surface area is 159 Å². The molecule has 0 unspecified atom stereocenters. The molecule has 6 heteroatoms. The van der Waals surface area contributed by atoms with Gasteiger partial charge in [-0.25, -0.2) is 0 Å². The molecule has 2 aliphatic rings. The molecule has 1 aliphatic carbocycles. The lowest BCUT2D eigenvalue weighted by molar-refractivity contribution is 0.140. The lowest BCUT2D eigenvalue weighted by Gasteiger charge is -2.33. The zero-order valence-electron chi connectivity index (χ0n) is 15.0. The fraction of sp³-hybridized carbons (Fsp3) is 0.941. The van der Waals surface area contributed by atoms with Crippen molar-refractivity contribution in [1.82, 2.24) is 20.4 Å². The van der Waals surface area contributed by atoms with Gasteiger partial charge >= 0.3 is 0 Å². The van der Waals surface area contributed by atoms with Crippen molar-refractivity contribution in [2.24, 2.45) is 4.99 Å². The van der Waals surface area contributed by atoms with Gasteiger partial charge in [-0.05, 0) is 26.3 Å². The van der Waals surface area contributed by atoms with Crippen LogP contribution < -0.4 is 10.6 Å². The highest BCUT2D eigenvalue weighted by Gasteiger charge is 2.16. The molecule has 0 aromatic carbocycles. The average molecular weight is 437 g/mol. The molecule has 2 rings (SSSR count). The Morgan fingerprint density at radius 1 is 1.00 bits per heavy atom. The van der Waals surface area contributed by atoms with Crippen LogP contribution in [0, 0.1) is 0 Å². The number of halogens is 1. The number of aliphatic imine (C=N–C) groups is 1. The van der Waals surface area contributed by atoms with Gasteiger partial charge in [0.1, 0.15) is 0 Å². The van der Waals surface area contributed by atoms with Gasteiger partial charge in [0.05, 0.1) is 6.54 Å². The predicted octanol–water partition coefficient (Wildman–Crippen LogP) is 2.13. The second-order valence-corrected chi connectivity index (χ2v) is 6.52. The van der Waals surface area contributed by atoms with Gasteiger partial charge in [-0.3, -0.25) is 9.89 Å². The van der Waals surface area contributed by atoms with Crippen molar-refractivity contribution in [2.75, 3.05) is 52.4 Å². The highest BCUT2D eigenvalue weighted by Crippen LogP contribution is 2.17. The van der Waals surface area contributed by atoms with Crippen LogP contribution in [-0.4, -0.2) is 74.2 Å². The summed E-state index contributed by atoms with van der Waals surface area (Å²) in [5.41, 5.74) is 0. The van der Waals surface area contributed by atoms with Crippen molar-refractivity contribution in [2.45, 2.75) is 52.0 Å². The fourth-order valence-corrected chi connectivity index (χ4v) is 3.39. The normalized spacial score (nSPS) is 21.7. The SMILES string of the molecule is CCNC(=NCCN1CCN(CC)CC1)NC1CCCCC1.I. The highest BCUT2D eigenvalue weighted by molar-refractivity contribution is 14.0. The molecule has 0 aromatic rings. The number of hydrogen-bond acceptors (Lipinski definition) is 3. The Bertz CT molecular complexity index is 323. The third-order valence-corrected chi connectivity index (χ3v) is 4.89. The molecule has 2 N–H and O–H groups in total. The number of piperazine rings is 1. The van der Waals surface area contributed by atoms with E-state index in [1.54, 1.807) is 0 Å². The number of rotatable bonds is 6. The quantitative estimate of drug-likeness (QED) is 0.380. The van der Waals surface area contributed by atoms with E-state index in [-0.39, 0.29) is 24.0 Å². The highest BCUT2D eigenvalue weighted by atomic mass is 127. The summed E-state index contributed by atoms with van der Waals surface area (Å²) in [6.07, 6.45) is 6.71. The molecular formula is C17H36IN5. The number of hydrogen-bond donors (Lipinski definition) is 2. The van der Waals surface area contributed by atoms with E-state index in [4.69, 9.17) is 4.99 Å². The molecule has 23 heavy (non-hydrogen) atoms. The van der Waals surface area contributed by atoms with E-state index < -0.39 is 0 Å². The molecule has 136 valence electrons. The van der Waals surface area contributed by atoms with Crippen molar-refractivity contribution in [3.05, 3.63) is 0 Å². The third-order valence-electron chi connectivity index (χ3n) is 4.89. The molecule has 1 aliphatic heterocycles. The van der Waals surface area contributed by atoms with E-state index in [0.717, 1.165) is 25.6 Å². The van der Waals surface area contributed by atoms with E-state index in [1.807, 2.05) is 0 Å². The molecule has 0 aromatic heterocycles. The standard InChI is InChI=1S/C17H35N5.HI/c1-3-18-17(20-16-8-6-5-7-9-16)19-10-11-22-14-12-21(4-2)13-15-22;/h16H,3-15H2,1-2H3,(H2,18,19,20);1H. The lowest BCUT2D eigenvalue weighted by atomic mass is 9.96. The minimum atomic E-state index is 0. The first-order valence-corrected chi connectivity index (χ1v) is 9.31. The largest absolute Gasteiger partial charge is 0.357 e. The summed E-state index contributed by atoms with van der Waals surface area (Å²) in [5.74, 6) is 1.02. The Balaban J connectivity index is 0.00000264. The van der Waals surface area contributed by atoms with Gasteiger partial charge in [0.2, 0.25) is 0 Å². The Morgan fingerprint density at radius 2 is 1.65 bits per heavy atom. The fourth-order valence-electron chi connectivity index (χ4n) is 3.39. The summed E-state index contributed by atoms with van der Waals surface area (Å²) in [4.78, 5) is 9.84. The molecule has 0 amide bonds. The zero-order valence-corrected chi connectivity index (χ0v) is 17.3. The van der Waals surface area contributed by atoms with Crippen LogP contribution in [0.25, 0.3) is 0 Å². The first-order chi connectivity index (χ1) is 10.8. The van der Waals surface area contributed by atoms with Crippen molar-refractivity contribution in [1.29, 1.82) is 0 Å². The van der Waals surface area contributed by atoms with Crippen LogP contribution in [-0.2, 0) is 0 Å². The van der Waals surface area contributed by atoms with E-state index >= 15 is 0 Å². The maximum absolute atomic E-state index is 4.78. The van der Waals surface area contributed by atoms with Gasteiger partial charge in [-0.1, -0.05) is 26.2 Å². The maximum Gasteiger partial charge on any atom is 0.191 e. The molecule has 1 heterocycles. The summed E-state index contributed by atoms with van der Waals surface area (Å²) in [5, 5.41) is 7.02. The predicted molar refractivity (Wildman–Crippen MR) is 110 cm³/mol. The smallest absolute Gasteiger partial charge is 0.191 e. The van der Waals surface area contributed by atoms with Crippen LogP contribution in [0.5, 0.6) is 0 Å². The van der Waals surface area contributed by atoms with Gasteiger partial charge in [0, 0.05) is 45.3 Å². The third kappa shape index (κ3) is 8.03. The van der Waals surface area contributed by atoms with E-state index in [9.17, 15) is 0 Å². The van der Waals surface area contributed by atoms with Crippen molar-refractivity contribution < 1.29 is 0 Å². The minimum absolute atomic E-state index is 0. The van der Waals surface area contributed by atoms with E-state index in [1.165, 1.54) is 64.8 Å². The number of nitrogens with zero attached hydrogens (tertiary/aromatic N) is 3. The van der Waals surface area contributed by atoms with Gasteiger partial charge in [-0.15, -0.1) is 24.0 Å². The van der Waals surface area contributed by atoms with Crippen LogP contribution in [0.1, 0.15) is 46.0 Å². The first kappa shape index (κ1) is 21.0. The van der Waals surface area contributed by atoms with Crippen LogP contribution in [0.3, 0.4) is 0 Å². The monoisotopic (exact) mass is 437 g/mol. The van der Waals surface area contributed by atoms with Gasteiger partial charge < -0.3 is 15.5 Å². The lowest BCUT2D eigenvalue weighted by Crippen LogP contribution is -2.47. The number of likely N-dealkylation sites (N-methyl/N-ethyl adjacent to an activating group) is 1. The zero-order chi connectivity index (χ0) is 15.6. The second-order valence-electron chi connectivity index (χ2n) is 6.52. The molecule has 0 atom stereocenters. The first-order valence-electron chi connectivity index (χ1n) is 9.31. The summed E-state index contributed by atoms with van der Waals surface area (Å²) in [7, 11) is 0. The summed E-state index contributed by atoms with van der Waals surface area (Å²) in [6, 6.07) is 0.625.